The first-order valence-corrected chi connectivity index (χ1v) is 17.0. The second-order valence-electron chi connectivity index (χ2n) is 11.4. The molecule has 0 aliphatic carbocycles. The van der Waals surface area contributed by atoms with Gasteiger partial charge in [-0.3, -0.25) is 4.68 Å². The van der Waals surface area contributed by atoms with Crippen LogP contribution >= 0.6 is 0 Å². The summed E-state index contributed by atoms with van der Waals surface area (Å²) in [5.41, 5.74) is 3.95. The maximum Gasteiger partial charge on any atom is 0.355 e. The molecule has 2 aliphatic heterocycles. The second kappa shape index (κ2) is 14.1. The van der Waals surface area contributed by atoms with E-state index in [0.717, 1.165) is 54.4 Å². The molecule has 13 heteroatoms. The molecule has 11 nitrogen and oxygen atoms in total. The molecule has 2 aromatic heterocycles. The number of piperidine rings is 1. The summed E-state index contributed by atoms with van der Waals surface area (Å²) in [5, 5.41) is 18.8. The van der Waals surface area contributed by atoms with Crippen molar-refractivity contribution in [3.05, 3.63) is 84.0 Å². The van der Waals surface area contributed by atoms with Gasteiger partial charge < -0.3 is 19.7 Å². The minimum Gasteiger partial charge on any atom is -0.459 e. The van der Waals surface area contributed by atoms with E-state index in [0.29, 0.717) is 42.6 Å². The highest BCUT2D eigenvalue weighted by atomic mass is 32.2. The van der Waals surface area contributed by atoms with Crippen LogP contribution in [0, 0.1) is 9.99 Å². The summed E-state index contributed by atoms with van der Waals surface area (Å²) in [6, 6.07) is 12.7. The average Bonchev–Trinajstić information content (AvgIpc) is 3.84. The molecule has 1 fully saturated rings. The fraction of sp³-hybridized carbons (Fsp3) is 0.364. The number of hydrogen-bond acceptors (Lipinski definition) is 8. The third-order valence-electron chi connectivity index (χ3n) is 8.41. The van der Waals surface area contributed by atoms with Crippen molar-refractivity contribution in [1.29, 1.82) is 0 Å². The number of rotatable bonds is 13. The number of H-pyrrole nitrogens is 1. The van der Waals surface area contributed by atoms with Gasteiger partial charge in [-0.15, -0.1) is 9.18 Å². The first-order valence-electron chi connectivity index (χ1n) is 15.5. The van der Waals surface area contributed by atoms with Crippen LogP contribution in [-0.4, -0.2) is 83.8 Å². The van der Waals surface area contributed by atoms with Crippen molar-refractivity contribution in [3.63, 3.8) is 0 Å². The van der Waals surface area contributed by atoms with Crippen molar-refractivity contribution in [2.45, 2.75) is 37.6 Å². The first-order chi connectivity index (χ1) is 22.3. The Labute approximate surface area is 267 Å². The summed E-state index contributed by atoms with van der Waals surface area (Å²) in [4.78, 5) is 18.7. The first kappa shape index (κ1) is 31.8. The topological polar surface area (TPSA) is 142 Å². The predicted molar refractivity (Wildman–Crippen MR) is 172 cm³/mol. The van der Waals surface area contributed by atoms with E-state index in [2.05, 4.69) is 24.9 Å². The molecule has 0 atom stereocenters. The number of carbonyl (C=O) groups is 1. The Hall–Kier alpha value is -4.17. The van der Waals surface area contributed by atoms with Gasteiger partial charge in [0.05, 0.1) is 23.3 Å². The van der Waals surface area contributed by atoms with Crippen molar-refractivity contribution < 1.29 is 27.1 Å². The smallest absolute Gasteiger partial charge is 0.355 e. The molecule has 0 bridgehead atoms. The van der Waals surface area contributed by atoms with Crippen molar-refractivity contribution in [2.75, 3.05) is 39.4 Å². The molecule has 242 valence electrons. The average molecular weight is 650 g/mol. The Morgan fingerprint density at radius 2 is 1.98 bits per heavy atom. The molecule has 0 radical (unpaired) electrons. The molecule has 4 heterocycles. The lowest BCUT2D eigenvalue weighted by Crippen LogP contribution is -2.40. The van der Waals surface area contributed by atoms with Gasteiger partial charge in [-0.05, 0) is 74.2 Å². The van der Waals surface area contributed by atoms with Crippen LogP contribution in [0.1, 0.15) is 41.4 Å². The minimum absolute atomic E-state index is 0.121. The van der Waals surface area contributed by atoms with E-state index >= 15 is 0 Å². The van der Waals surface area contributed by atoms with Gasteiger partial charge in [-0.25, -0.2) is 17.9 Å². The number of likely N-dealkylation sites (tertiary alicyclic amines) is 1. The highest BCUT2D eigenvalue weighted by Gasteiger charge is 2.26. The van der Waals surface area contributed by atoms with Gasteiger partial charge in [-0.2, -0.15) is 0 Å². The zero-order valence-corrected chi connectivity index (χ0v) is 26.5. The van der Waals surface area contributed by atoms with Gasteiger partial charge in [0.2, 0.25) is 10.0 Å². The van der Waals surface area contributed by atoms with Gasteiger partial charge >= 0.3 is 11.8 Å². The summed E-state index contributed by atoms with van der Waals surface area (Å²) in [7, 11) is -3.54. The minimum atomic E-state index is -3.54. The lowest BCUT2D eigenvalue weighted by Gasteiger charge is -2.31. The number of allylic oxidation sites excluding steroid dienone is 2. The molecule has 6 rings (SSSR count). The predicted octanol–water partition coefficient (Wildman–Crippen LogP) is 3.78. The summed E-state index contributed by atoms with van der Waals surface area (Å²) in [6.07, 6.45) is 9.65. The molecule has 1 saturated heterocycles. The third kappa shape index (κ3) is 7.12. The van der Waals surface area contributed by atoms with Gasteiger partial charge in [0.1, 0.15) is 18.0 Å². The number of aliphatic hydroxyl groups is 1. The number of halogens is 1. The monoisotopic (exact) mass is 649 g/mol. The molecular weight excluding hydrogens is 611 g/mol. The SMILES string of the molecule is CCc1ccc(S(=O)(=O)NCCN2CCC(Cn3cc(-c4c(C(=O)OCCO)[nH]c5ccc(C6=CC=C[F+]6)cc45)nn3)CC2)cc1. The number of aliphatic hydroxyl groups excluding tert-OH is 1. The fourth-order valence-electron chi connectivity index (χ4n) is 5.88. The van der Waals surface area contributed by atoms with E-state index in [1.165, 1.54) is 6.33 Å². The van der Waals surface area contributed by atoms with E-state index in [1.807, 2.05) is 49.5 Å². The van der Waals surface area contributed by atoms with Crippen LogP contribution in [0.15, 0.2) is 72.0 Å². The summed E-state index contributed by atoms with van der Waals surface area (Å²) < 4.78 is 41.9. The summed E-state index contributed by atoms with van der Waals surface area (Å²) in [6.45, 7) is 5.00. The number of hydrogen-bond donors (Lipinski definition) is 3. The van der Waals surface area contributed by atoms with Crippen molar-refractivity contribution in [3.8, 4) is 11.3 Å². The molecule has 46 heavy (non-hydrogen) atoms. The van der Waals surface area contributed by atoms with Crippen LogP contribution in [0.25, 0.3) is 28.0 Å². The van der Waals surface area contributed by atoms with E-state index in [9.17, 15) is 18.3 Å². The molecular formula is C33H38FN6O5S+. The number of nitrogens with zero attached hydrogens (tertiary/aromatic N) is 4. The van der Waals surface area contributed by atoms with Gasteiger partial charge in [0.15, 0.2) is 0 Å². The zero-order chi connectivity index (χ0) is 32.1. The number of esters is 1. The normalized spacial score (nSPS) is 15.9. The van der Waals surface area contributed by atoms with E-state index < -0.39 is 16.0 Å². The number of benzene rings is 2. The summed E-state index contributed by atoms with van der Waals surface area (Å²) >= 11 is 0. The molecule has 3 N–H and O–H groups in total. The maximum absolute atomic E-state index is 13.0. The molecule has 2 aromatic carbocycles. The van der Waals surface area contributed by atoms with Gasteiger partial charge in [0.25, 0.3) is 6.33 Å². The number of ether oxygens (including phenoxy) is 1. The van der Waals surface area contributed by atoms with Gasteiger partial charge in [0, 0.05) is 48.3 Å². The van der Waals surface area contributed by atoms with Crippen molar-refractivity contribution >= 4 is 32.7 Å². The van der Waals surface area contributed by atoms with Crippen molar-refractivity contribution in [1.82, 2.24) is 29.6 Å². The van der Waals surface area contributed by atoms with Crippen LogP contribution in [0.4, 0.5) is 0 Å². The number of aryl methyl sites for hydroxylation is 1. The fourth-order valence-corrected chi connectivity index (χ4v) is 6.90. The van der Waals surface area contributed by atoms with E-state index in [1.54, 1.807) is 22.9 Å². The van der Waals surface area contributed by atoms with Crippen LogP contribution in [-0.2, 0) is 27.7 Å². The Balaban J connectivity index is 1.09. The lowest BCUT2D eigenvalue weighted by molar-refractivity contribution is -0.483. The molecule has 0 unspecified atom stereocenters. The highest BCUT2D eigenvalue weighted by molar-refractivity contribution is 7.89. The number of fused-ring (bicyclic) bond motifs is 1. The van der Waals surface area contributed by atoms with Crippen LogP contribution in [0.3, 0.4) is 0 Å². The third-order valence-corrected chi connectivity index (χ3v) is 9.88. The van der Waals surface area contributed by atoms with Crippen LogP contribution < -0.4 is 4.72 Å². The standard InChI is InChI=1S/C33H37FN6O5S/c1-2-23-5-8-26(9-6-23)46(43,44)35-14-17-39-15-11-24(12-16-39)21-40-22-30(37-38-40)31-27-20-25(28-4-3-13-34-28)7-10-29(27)36-32(31)33(42)45-19-18-41/h3-10,13,20,22,24,35,41H,2,11-12,14-19,21H2,1H3/p+1. The molecule has 0 spiro atoms. The molecule has 4 aromatic rings. The molecule has 2 aliphatic rings. The molecule has 0 amide bonds. The quantitative estimate of drug-likeness (QED) is 0.186. The summed E-state index contributed by atoms with van der Waals surface area (Å²) in [5.74, 6) is 0.357. The van der Waals surface area contributed by atoms with Crippen LogP contribution in [0.2, 0.25) is 0 Å². The number of aromatic nitrogens is 4. The Kier molecular flexibility index (Phi) is 9.73. The van der Waals surface area contributed by atoms with Crippen LogP contribution in [0.5, 0.6) is 0 Å². The zero-order valence-electron chi connectivity index (χ0n) is 25.7. The largest absolute Gasteiger partial charge is 0.459 e. The molecule has 0 saturated carbocycles. The van der Waals surface area contributed by atoms with E-state index in [-0.39, 0.29) is 23.8 Å². The Morgan fingerprint density at radius 3 is 2.70 bits per heavy atom. The highest BCUT2D eigenvalue weighted by Crippen LogP contribution is 2.35. The number of carbonyl (C=O) groups excluding carboxylic acids is 1. The Bertz CT molecular complexity index is 1860. The number of aromatic amines is 1. The Morgan fingerprint density at radius 1 is 1.17 bits per heavy atom. The number of sulfonamides is 1. The van der Waals surface area contributed by atoms with Crippen molar-refractivity contribution in [2.24, 2.45) is 5.92 Å². The second-order valence-corrected chi connectivity index (χ2v) is 13.2. The number of nitrogens with one attached hydrogen (secondary N) is 2. The van der Waals surface area contributed by atoms with E-state index in [4.69, 9.17) is 8.81 Å². The van der Waals surface area contributed by atoms with Gasteiger partial charge in [-0.1, -0.05) is 24.3 Å². The maximum atomic E-state index is 13.0. The lowest BCUT2D eigenvalue weighted by atomic mass is 9.97.